The van der Waals surface area contributed by atoms with Crippen molar-refractivity contribution in [3.8, 4) is 0 Å². The van der Waals surface area contributed by atoms with Crippen molar-refractivity contribution in [1.29, 1.82) is 0 Å². The van der Waals surface area contributed by atoms with Crippen LogP contribution >= 0.6 is 0 Å². The number of aldehydes is 1. The molecule has 4 aliphatic carbocycles. The first-order valence-corrected chi connectivity index (χ1v) is 23.3. The molecule has 0 aromatic heterocycles. The molecule has 4 bridgehead atoms. The van der Waals surface area contributed by atoms with Crippen molar-refractivity contribution in [2.24, 2.45) is 35.0 Å². The lowest BCUT2D eigenvalue weighted by Crippen LogP contribution is -2.65. The summed E-state index contributed by atoms with van der Waals surface area (Å²) in [5.74, 6) is -2.23. The molecule has 3 saturated carbocycles. The molecule has 10 nitrogen and oxygen atoms in total. The summed E-state index contributed by atoms with van der Waals surface area (Å²) in [5, 5.41) is 65.8. The van der Waals surface area contributed by atoms with Gasteiger partial charge in [-0.3, -0.25) is 10.1 Å². The molecular weight excluding hydrogens is 781 g/mol. The lowest BCUT2D eigenvalue weighted by molar-refractivity contribution is -0.200. The third kappa shape index (κ3) is 10.4. The van der Waals surface area contributed by atoms with E-state index in [1.54, 1.807) is 7.11 Å². The first kappa shape index (κ1) is 48.4. The minimum atomic E-state index is -1.26. The zero-order chi connectivity index (χ0) is 44.7. The van der Waals surface area contributed by atoms with Crippen molar-refractivity contribution in [2.45, 2.75) is 134 Å². The van der Waals surface area contributed by atoms with Gasteiger partial charge in [-0.2, -0.15) is 0 Å². The summed E-state index contributed by atoms with van der Waals surface area (Å²) in [6.45, 7) is 11.7. The minimum absolute atomic E-state index is 0.0436. The summed E-state index contributed by atoms with van der Waals surface area (Å²) >= 11 is 0. The molecule has 1 aromatic carbocycles. The van der Waals surface area contributed by atoms with Gasteiger partial charge in [-0.05, 0) is 151 Å². The Morgan fingerprint density at radius 1 is 1.10 bits per heavy atom. The van der Waals surface area contributed by atoms with Gasteiger partial charge in [0, 0.05) is 56.0 Å². The maximum Gasteiger partial charge on any atom is 0.165 e. The monoisotopic (exact) mass is 857 g/mol. The van der Waals surface area contributed by atoms with Gasteiger partial charge < -0.3 is 40.3 Å². The van der Waals surface area contributed by atoms with E-state index in [1.807, 2.05) is 39.1 Å². The number of carbonyl (C=O) groups excluding carboxylic acids is 1. The van der Waals surface area contributed by atoms with Gasteiger partial charge in [0.15, 0.2) is 5.79 Å². The number of aliphatic hydroxyl groups is 5. The topological polar surface area (TPSA) is 161 Å². The predicted molar refractivity (Wildman–Crippen MR) is 245 cm³/mol. The molecule has 0 radical (unpaired) electrons. The molecule has 1 heterocycles. The van der Waals surface area contributed by atoms with E-state index in [9.17, 15) is 30.3 Å². The van der Waals surface area contributed by atoms with Crippen LogP contribution in [0.15, 0.2) is 95.2 Å². The van der Waals surface area contributed by atoms with Crippen LogP contribution in [0.25, 0.3) is 0 Å². The Morgan fingerprint density at radius 3 is 2.56 bits per heavy atom. The van der Waals surface area contributed by atoms with Crippen molar-refractivity contribution in [2.75, 3.05) is 40.5 Å². The highest BCUT2D eigenvalue weighted by molar-refractivity contribution is 5.74. The van der Waals surface area contributed by atoms with Crippen LogP contribution in [-0.2, 0) is 27.1 Å². The number of hydrogen-bond donors (Lipinski definition) is 7. The molecule has 62 heavy (non-hydrogen) atoms. The molecule has 342 valence electrons. The average Bonchev–Trinajstić information content (AvgIpc) is 3.84. The first-order valence-electron chi connectivity index (χ1n) is 23.3. The lowest BCUT2D eigenvalue weighted by atomic mass is 9.45. The molecule has 6 rings (SSSR count). The Morgan fingerprint density at radius 2 is 1.85 bits per heavy atom. The number of aliphatic hydroxyl groups excluding tert-OH is 3. The van der Waals surface area contributed by atoms with Gasteiger partial charge in [0.1, 0.15) is 12.5 Å². The van der Waals surface area contributed by atoms with Crippen LogP contribution in [0.3, 0.4) is 0 Å². The summed E-state index contributed by atoms with van der Waals surface area (Å²) in [6, 6.07) is 8.68. The summed E-state index contributed by atoms with van der Waals surface area (Å²) in [6.07, 6.45) is 19.7. The van der Waals surface area contributed by atoms with E-state index in [0.29, 0.717) is 70.1 Å². The molecule has 10 atom stereocenters. The van der Waals surface area contributed by atoms with Crippen molar-refractivity contribution in [1.82, 2.24) is 10.6 Å². The first-order chi connectivity index (χ1) is 29.6. The molecule has 1 aliphatic heterocycles. The zero-order valence-corrected chi connectivity index (χ0v) is 38.1. The fourth-order valence-corrected chi connectivity index (χ4v) is 12.0. The summed E-state index contributed by atoms with van der Waals surface area (Å²) in [7, 11) is 3.57. The summed E-state index contributed by atoms with van der Waals surface area (Å²) in [5.41, 5.74) is 4.01. The maximum absolute atomic E-state index is 13.0. The van der Waals surface area contributed by atoms with Gasteiger partial charge in [-0.25, -0.2) is 0 Å². The smallest absolute Gasteiger partial charge is 0.165 e. The number of allylic oxidation sites excluding steroid dienone is 9. The van der Waals surface area contributed by atoms with Crippen LogP contribution in [0, 0.1) is 35.0 Å². The third-order valence-corrected chi connectivity index (χ3v) is 15.5. The predicted octanol–water partition coefficient (Wildman–Crippen LogP) is 6.58. The number of nitrogens with one attached hydrogen (secondary N) is 2. The molecular formula is C52H76N2O8. The molecule has 0 unspecified atom stereocenters. The molecule has 10 heteroatoms. The van der Waals surface area contributed by atoms with Crippen LogP contribution in [0.2, 0.25) is 0 Å². The molecule has 1 aromatic rings. The highest BCUT2D eigenvalue weighted by Gasteiger charge is 2.68. The summed E-state index contributed by atoms with van der Waals surface area (Å²) < 4.78 is 11.8. The number of ether oxygens (including phenoxy) is 2. The standard InChI is InChI=1S/C52H76N2O8/c1-35(41-16-15-36(2)48(58)54-49(4,25-28-61-6)31-39-13-10-12-38(29-39)30-41)11-9-14-43(34-62-51(60)21-7-8-22-51)44-19-23-52(47(44)57)46-40(20-27-55)17-18-42(45(46)37(3)33-56)32-50(52,59)24-26-53-5/h9-15,17-18,29,33,40-42,44,46-48,53-55,57-60H,1,7-8,16,19-28,30-32,34H2,2-6H3/t40-,41-,42-,44+,46+,47+,48+,49-,50+,52+/m0/s1. The van der Waals surface area contributed by atoms with Crippen LogP contribution in [-0.4, -0.2) is 102 Å². The largest absolute Gasteiger partial charge is 0.396 e. The SMILES string of the molecule is C=C(C=CC=C(COC1(O)CCCC1)[C@H]1CC[C@]2([C@@H]1O)[C@H]1C(=C(C)C=O)[C@@H](C=C[C@H]1CCO)C[C@]2(O)CCNC)[C@H]1CC=C(C)[C@@H](O)N[C@@](C)(CCOC)Cc2cccc(c2)C1. The molecule has 5 aliphatic rings. The number of fused-ring (bicyclic) bond motifs is 5. The van der Waals surface area contributed by atoms with Crippen LogP contribution in [0.4, 0.5) is 0 Å². The second-order valence-electron chi connectivity index (χ2n) is 19.7. The molecule has 3 fully saturated rings. The highest BCUT2D eigenvalue weighted by Crippen LogP contribution is 2.67. The van der Waals surface area contributed by atoms with E-state index in [2.05, 4.69) is 66.6 Å². The van der Waals surface area contributed by atoms with E-state index in [-0.39, 0.29) is 42.4 Å². The highest BCUT2D eigenvalue weighted by atomic mass is 16.6. The molecule has 0 saturated heterocycles. The van der Waals surface area contributed by atoms with Gasteiger partial charge in [0.25, 0.3) is 0 Å². The van der Waals surface area contributed by atoms with Crippen LogP contribution in [0.1, 0.15) is 103 Å². The quantitative estimate of drug-likeness (QED) is 0.0319. The van der Waals surface area contributed by atoms with E-state index >= 15 is 0 Å². The Hall–Kier alpha value is -3.03. The second-order valence-corrected chi connectivity index (χ2v) is 19.7. The Labute approximate surface area is 371 Å². The van der Waals surface area contributed by atoms with E-state index in [4.69, 9.17) is 9.47 Å². The molecule has 0 amide bonds. The number of carbonyl (C=O) groups is 1. The fourth-order valence-electron chi connectivity index (χ4n) is 12.0. The number of hydrogen-bond acceptors (Lipinski definition) is 10. The summed E-state index contributed by atoms with van der Waals surface area (Å²) in [4.78, 5) is 12.5. The van der Waals surface area contributed by atoms with Crippen molar-refractivity contribution >= 4 is 6.29 Å². The molecule has 7 N–H and O–H groups in total. The van der Waals surface area contributed by atoms with E-state index in [1.165, 1.54) is 11.1 Å². The minimum Gasteiger partial charge on any atom is -0.396 e. The van der Waals surface area contributed by atoms with Gasteiger partial charge >= 0.3 is 0 Å². The van der Waals surface area contributed by atoms with E-state index < -0.39 is 35.1 Å². The normalized spacial score (nSPS) is 35.7. The lowest BCUT2D eigenvalue weighted by Gasteiger charge is -2.61. The van der Waals surface area contributed by atoms with Crippen molar-refractivity contribution < 1.29 is 39.8 Å². The van der Waals surface area contributed by atoms with E-state index in [0.717, 1.165) is 60.7 Å². The van der Waals surface area contributed by atoms with Gasteiger partial charge in [0.05, 0.1) is 18.3 Å². The number of methoxy groups -OCH3 is 1. The molecule has 1 spiro atoms. The Kier molecular flexibility index (Phi) is 16.3. The van der Waals surface area contributed by atoms with Gasteiger partial charge in [0.2, 0.25) is 0 Å². The number of rotatable bonds is 16. The Bertz CT molecular complexity index is 1880. The zero-order valence-electron chi connectivity index (χ0n) is 38.1. The van der Waals surface area contributed by atoms with Gasteiger partial charge in [-0.1, -0.05) is 78.4 Å². The second kappa shape index (κ2) is 20.9. The van der Waals surface area contributed by atoms with Crippen molar-refractivity contribution in [3.05, 3.63) is 106 Å². The third-order valence-electron chi connectivity index (χ3n) is 15.5. The Balaban J connectivity index is 1.34. The average molecular weight is 857 g/mol. The van der Waals surface area contributed by atoms with Crippen LogP contribution in [0.5, 0.6) is 0 Å². The van der Waals surface area contributed by atoms with Gasteiger partial charge in [-0.15, -0.1) is 0 Å². The van der Waals surface area contributed by atoms with Crippen molar-refractivity contribution in [3.63, 3.8) is 0 Å². The maximum atomic E-state index is 13.0. The van der Waals surface area contributed by atoms with Crippen LogP contribution < -0.4 is 10.6 Å². The fraction of sp³-hybridized carbons (Fsp3) is 0.635. The number of benzene rings is 1.